The Kier molecular flexibility index (Phi) is 33.0. The van der Waals surface area contributed by atoms with E-state index in [4.69, 9.17) is 50.7 Å². The van der Waals surface area contributed by atoms with Gasteiger partial charge < -0.3 is 66.1 Å². The second-order valence-corrected chi connectivity index (χ2v) is 15.6. The van der Waals surface area contributed by atoms with Gasteiger partial charge in [-0.3, -0.25) is 28.8 Å². The summed E-state index contributed by atoms with van der Waals surface area (Å²) in [6.45, 7) is 17.4. The van der Waals surface area contributed by atoms with Crippen LogP contribution in [0.15, 0.2) is 0 Å². The minimum absolute atomic E-state index is 0.0596. The quantitative estimate of drug-likeness (QED) is 0.0311. The van der Waals surface area contributed by atoms with E-state index in [1.165, 1.54) is 6.92 Å². The van der Waals surface area contributed by atoms with Crippen molar-refractivity contribution >= 4 is 78.0 Å². The Bertz CT molecular complexity index is 1810. The van der Waals surface area contributed by atoms with Gasteiger partial charge in [0.05, 0.1) is 30.1 Å². The van der Waals surface area contributed by atoms with E-state index in [0.717, 1.165) is 6.21 Å². The average molecular weight is 942 g/mol. The molecule has 0 heterocycles. The fourth-order valence-corrected chi connectivity index (χ4v) is 3.90. The molecule has 0 aromatic heterocycles. The Morgan fingerprint density at radius 1 is 0.545 bits per heavy atom. The molecule has 0 saturated heterocycles. The number of rotatable bonds is 24. The van der Waals surface area contributed by atoms with Crippen molar-refractivity contribution in [2.75, 3.05) is 20.0 Å². The predicted octanol–water partition coefficient (Wildman–Crippen LogP) is 1.99. The van der Waals surface area contributed by atoms with Crippen LogP contribution in [-0.4, -0.2) is 143 Å². The van der Waals surface area contributed by atoms with Gasteiger partial charge in [-0.2, -0.15) is 14.4 Å². The maximum absolute atomic E-state index is 12.0. The van der Waals surface area contributed by atoms with Crippen LogP contribution in [0.1, 0.15) is 115 Å². The number of carbonyl (C=O) groups excluding carboxylic acids is 10. The molecule has 0 aliphatic rings. The molecule has 26 heteroatoms. The van der Waals surface area contributed by atoms with Gasteiger partial charge in [0.15, 0.2) is 0 Å². The molecule has 66 heavy (non-hydrogen) atoms. The fraction of sp³-hybridized carbons (Fsp3) is 0.675. The first-order chi connectivity index (χ1) is 30.6. The number of hydrogen-bond donors (Lipinski definition) is 3. The van der Waals surface area contributed by atoms with Gasteiger partial charge in [-0.05, 0) is 88.5 Å². The Morgan fingerprint density at radius 3 is 1.36 bits per heavy atom. The molecule has 2 amide bonds. The monoisotopic (exact) mass is 941 g/mol. The van der Waals surface area contributed by atoms with Crippen molar-refractivity contribution < 1.29 is 95.5 Å². The zero-order valence-electron chi connectivity index (χ0n) is 39.2. The second-order valence-electron chi connectivity index (χ2n) is 15.6. The number of amides is 2. The van der Waals surface area contributed by atoms with Crippen LogP contribution >= 0.6 is 0 Å². The van der Waals surface area contributed by atoms with Gasteiger partial charge in [0.2, 0.25) is 30.4 Å². The van der Waals surface area contributed by atoms with Crippen LogP contribution < -0.4 is 16.4 Å². The number of ketones is 3. The number of hydrogen-bond acceptors (Lipinski definition) is 18. The molecule has 0 aliphatic heterocycles. The lowest BCUT2D eigenvalue weighted by molar-refractivity contribution is -0.174. The van der Waals surface area contributed by atoms with Gasteiger partial charge in [0, 0.05) is 26.2 Å². The van der Waals surface area contributed by atoms with Gasteiger partial charge in [-0.15, -0.1) is 0 Å². The maximum Gasteiger partial charge on any atom is 0.410 e. The number of nitrogens with zero attached hydrogens (tertiary/aromatic N) is 6. The standard InChI is InChI=1S/2C16H25N3O7.C8H13N3O3/c1-10(2)26-13(21)12(7-6-11(20)8-18-17)19-15(23)25-9-24-14(22)16(3,4)5;1-6-24-13(21)12(8-7-11(20)9-18-17)19-15(23)26-10(2)25-14(22)16(3,4)5;1-2-14-8(13)7(9)4-3-6(12)5-11-10/h8,10,12H,6-7,9H2,1-5H3,(H,19,23);9-10,12H,6-8H2,1-5H3,(H,19,23);5,7H,2-4,9H2,1H3/t12-;10?,12-;7-/m000/s1. The van der Waals surface area contributed by atoms with Crippen molar-refractivity contribution in [1.29, 1.82) is 0 Å². The normalized spacial score (nSPS) is 12.1. The number of alkyl carbamates (subject to hydrolysis) is 2. The Labute approximate surface area is 382 Å². The number of carbonyl (C=O) groups is 10. The third-order valence-electron chi connectivity index (χ3n) is 7.20. The number of nitrogens with one attached hydrogen (secondary N) is 2. The second kappa shape index (κ2) is 34.4. The van der Waals surface area contributed by atoms with E-state index < -0.39 is 102 Å². The van der Waals surface area contributed by atoms with E-state index >= 15 is 0 Å². The van der Waals surface area contributed by atoms with E-state index in [1.807, 2.05) is 0 Å². The van der Waals surface area contributed by atoms with Crippen molar-refractivity contribution in [3.05, 3.63) is 16.6 Å². The van der Waals surface area contributed by atoms with Crippen LogP contribution in [0.3, 0.4) is 0 Å². The molecule has 26 nitrogen and oxygen atoms in total. The number of Topliss-reactive ketones (excluding diaryl/α,β-unsaturated/α-hetero) is 3. The molecule has 0 bridgehead atoms. The zero-order valence-corrected chi connectivity index (χ0v) is 39.2. The summed E-state index contributed by atoms with van der Waals surface area (Å²) in [4.78, 5) is 123. The third kappa shape index (κ3) is 33.5. The lowest BCUT2D eigenvalue weighted by Gasteiger charge is -2.22. The molecular formula is C40H63N9O17. The molecule has 370 valence electrons. The van der Waals surface area contributed by atoms with E-state index in [2.05, 4.69) is 29.7 Å². The van der Waals surface area contributed by atoms with Crippen LogP contribution in [0, 0.1) is 10.8 Å². The molecule has 0 aromatic carbocycles. The van der Waals surface area contributed by atoms with Crippen LogP contribution in [0.5, 0.6) is 0 Å². The molecular weight excluding hydrogens is 878 g/mol. The van der Waals surface area contributed by atoms with Crippen molar-refractivity contribution in [2.24, 2.45) is 16.6 Å². The molecule has 4 atom stereocenters. The van der Waals surface area contributed by atoms with Crippen molar-refractivity contribution in [1.82, 2.24) is 10.6 Å². The number of esters is 5. The molecule has 0 aromatic rings. The van der Waals surface area contributed by atoms with E-state index in [0.29, 0.717) is 12.4 Å². The highest BCUT2D eigenvalue weighted by molar-refractivity contribution is 6.25. The third-order valence-corrected chi connectivity index (χ3v) is 7.20. The molecule has 0 aliphatic carbocycles. The SMILES string of the molecule is CC(C)OC(=O)[C@H](CCC(=O)C=[N+]=[N-])NC(=O)OCOC(=O)C(C)(C)C.CCOC(=O)[C@@H](N)CCC(=O)C=[N+]=[N-].CCOC(=O)[C@H](CCC(=O)C=[N+]=[N-])NC(=O)OC(C)OC(=O)C(C)(C)C. The average Bonchev–Trinajstić information content (AvgIpc) is 3.19. The largest absolute Gasteiger partial charge is 0.465 e. The summed E-state index contributed by atoms with van der Waals surface area (Å²) < 4.78 is 33.8. The smallest absolute Gasteiger partial charge is 0.410 e. The summed E-state index contributed by atoms with van der Waals surface area (Å²) in [5.74, 6) is -4.61. The van der Waals surface area contributed by atoms with E-state index in [1.54, 1.807) is 69.2 Å². The summed E-state index contributed by atoms with van der Waals surface area (Å²) in [5.41, 5.74) is 28.5. The molecule has 0 rings (SSSR count). The fourth-order valence-electron chi connectivity index (χ4n) is 3.90. The Morgan fingerprint density at radius 2 is 0.955 bits per heavy atom. The molecule has 0 fully saturated rings. The predicted molar refractivity (Wildman–Crippen MR) is 226 cm³/mol. The van der Waals surface area contributed by atoms with Crippen LogP contribution in [-0.2, 0) is 71.5 Å². The summed E-state index contributed by atoms with van der Waals surface area (Å²) in [6, 6.07) is -3.10. The summed E-state index contributed by atoms with van der Waals surface area (Å²) in [6.07, 6.45) is -1.74. The highest BCUT2D eigenvalue weighted by Crippen LogP contribution is 2.17. The van der Waals surface area contributed by atoms with Crippen molar-refractivity contribution in [2.45, 2.75) is 145 Å². The molecule has 0 spiro atoms. The molecule has 0 radical (unpaired) electrons. The highest BCUT2D eigenvalue weighted by atomic mass is 16.7. The van der Waals surface area contributed by atoms with Crippen LogP contribution in [0.4, 0.5) is 9.59 Å². The first-order valence-corrected chi connectivity index (χ1v) is 20.3. The number of ether oxygens (including phenoxy) is 7. The Balaban J connectivity index is -0.000000945. The van der Waals surface area contributed by atoms with Gasteiger partial charge >= 0.3 is 60.7 Å². The van der Waals surface area contributed by atoms with Crippen molar-refractivity contribution in [3.63, 3.8) is 0 Å². The molecule has 4 N–H and O–H groups in total. The first-order valence-electron chi connectivity index (χ1n) is 20.3. The number of nitrogens with two attached hydrogens (primary N) is 1. The van der Waals surface area contributed by atoms with Crippen molar-refractivity contribution in [3.8, 4) is 0 Å². The highest BCUT2D eigenvalue weighted by Gasteiger charge is 2.29. The van der Waals surface area contributed by atoms with Gasteiger partial charge in [0.25, 0.3) is 0 Å². The summed E-state index contributed by atoms with van der Waals surface area (Å²) in [5, 5.41) is 4.50. The van der Waals surface area contributed by atoms with Gasteiger partial charge in [-0.1, -0.05) is 0 Å². The lowest BCUT2D eigenvalue weighted by Crippen LogP contribution is -2.44. The van der Waals surface area contributed by atoms with Crippen LogP contribution in [0.25, 0.3) is 16.6 Å². The summed E-state index contributed by atoms with van der Waals surface area (Å²) in [7, 11) is 0. The first kappa shape index (κ1) is 63.3. The van der Waals surface area contributed by atoms with Crippen LogP contribution in [0.2, 0.25) is 0 Å². The van der Waals surface area contributed by atoms with Gasteiger partial charge in [-0.25, -0.2) is 19.2 Å². The summed E-state index contributed by atoms with van der Waals surface area (Å²) >= 11 is 0. The minimum Gasteiger partial charge on any atom is -0.465 e. The molecule has 0 saturated carbocycles. The minimum atomic E-state index is -1.17. The topological polar surface area (TPSA) is 395 Å². The van der Waals surface area contributed by atoms with E-state index in [9.17, 15) is 47.9 Å². The van der Waals surface area contributed by atoms with Gasteiger partial charge in [0.1, 0.15) is 18.1 Å². The molecule has 1 unspecified atom stereocenters. The zero-order chi connectivity index (χ0) is 51.6. The Hall–Kier alpha value is -7.00. The lowest BCUT2D eigenvalue weighted by atomic mass is 9.97. The maximum atomic E-state index is 12.0. The van der Waals surface area contributed by atoms with E-state index in [-0.39, 0.29) is 57.5 Å².